The lowest BCUT2D eigenvalue weighted by Crippen LogP contribution is -2.31. The molecule has 0 aliphatic carbocycles. The molecule has 5 nitrogen and oxygen atoms in total. The van der Waals surface area contributed by atoms with Gasteiger partial charge in [0.15, 0.2) is 11.5 Å². The Morgan fingerprint density at radius 3 is 2.59 bits per heavy atom. The van der Waals surface area contributed by atoms with Crippen LogP contribution >= 0.6 is 0 Å². The van der Waals surface area contributed by atoms with E-state index in [4.69, 9.17) is 15.2 Å². The van der Waals surface area contributed by atoms with Gasteiger partial charge >= 0.3 is 0 Å². The van der Waals surface area contributed by atoms with Gasteiger partial charge in [-0.3, -0.25) is 4.79 Å². The maximum Gasteiger partial charge on any atom is 0.233 e. The summed E-state index contributed by atoms with van der Waals surface area (Å²) in [5, 5.41) is 2.71. The third-order valence-electron chi connectivity index (χ3n) is 2.37. The van der Waals surface area contributed by atoms with Crippen molar-refractivity contribution in [3.05, 3.63) is 23.8 Å². The SMILES string of the molecule is COc1ccc(CCNC(=O)CN)cc1OC. The van der Waals surface area contributed by atoms with Crippen LogP contribution in [0, 0.1) is 0 Å². The predicted octanol–water partition coefficient (Wildman–Crippen LogP) is 0.321. The van der Waals surface area contributed by atoms with Crippen molar-refractivity contribution in [1.82, 2.24) is 5.32 Å². The highest BCUT2D eigenvalue weighted by atomic mass is 16.5. The van der Waals surface area contributed by atoms with E-state index < -0.39 is 0 Å². The van der Waals surface area contributed by atoms with Gasteiger partial charge in [-0.2, -0.15) is 0 Å². The lowest BCUT2D eigenvalue weighted by molar-refractivity contribution is -0.119. The van der Waals surface area contributed by atoms with Crippen molar-refractivity contribution in [3.8, 4) is 11.5 Å². The highest BCUT2D eigenvalue weighted by Crippen LogP contribution is 2.27. The smallest absolute Gasteiger partial charge is 0.233 e. The molecule has 0 fully saturated rings. The summed E-state index contributed by atoms with van der Waals surface area (Å²) in [5.74, 6) is 1.24. The summed E-state index contributed by atoms with van der Waals surface area (Å²) in [6.07, 6.45) is 0.728. The second kappa shape index (κ2) is 6.75. The van der Waals surface area contributed by atoms with E-state index in [0.717, 1.165) is 12.0 Å². The molecule has 0 radical (unpaired) electrons. The Bertz CT molecular complexity index is 380. The molecule has 17 heavy (non-hydrogen) atoms. The van der Waals surface area contributed by atoms with Crippen LogP contribution in [0.4, 0.5) is 0 Å². The molecule has 0 aliphatic rings. The minimum Gasteiger partial charge on any atom is -0.493 e. The Morgan fingerprint density at radius 1 is 1.29 bits per heavy atom. The summed E-state index contributed by atoms with van der Waals surface area (Å²) in [6.45, 7) is 0.581. The minimum absolute atomic E-state index is 0.0198. The first-order valence-corrected chi connectivity index (χ1v) is 5.39. The normalized spacial score (nSPS) is 9.82. The molecule has 0 bridgehead atoms. The lowest BCUT2D eigenvalue weighted by atomic mass is 10.1. The van der Waals surface area contributed by atoms with E-state index in [-0.39, 0.29) is 12.5 Å². The van der Waals surface area contributed by atoms with Gasteiger partial charge in [0.25, 0.3) is 0 Å². The minimum atomic E-state index is -0.148. The first-order chi connectivity index (χ1) is 8.21. The number of amides is 1. The van der Waals surface area contributed by atoms with Crippen LogP contribution in [0.1, 0.15) is 5.56 Å². The first-order valence-electron chi connectivity index (χ1n) is 5.39. The number of ether oxygens (including phenoxy) is 2. The van der Waals surface area contributed by atoms with Crippen LogP contribution in [0.2, 0.25) is 0 Å². The molecule has 0 saturated heterocycles. The maximum atomic E-state index is 10.9. The summed E-state index contributed by atoms with van der Waals surface area (Å²) < 4.78 is 10.3. The Balaban J connectivity index is 2.57. The van der Waals surface area contributed by atoms with Crippen molar-refractivity contribution in [1.29, 1.82) is 0 Å². The zero-order valence-electron chi connectivity index (χ0n) is 10.2. The van der Waals surface area contributed by atoms with Crippen LogP contribution in [0.25, 0.3) is 0 Å². The van der Waals surface area contributed by atoms with Crippen molar-refractivity contribution >= 4 is 5.91 Å². The summed E-state index contributed by atoms with van der Waals surface area (Å²) in [4.78, 5) is 10.9. The molecule has 1 rings (SSSR count). The van der Waals surface area contributed by atoms with Crippen molar-refractivity contribution < 1.29 is 14.3 Å². The highest BCUT2D eigenvalue weighted by molar-refractivity contribution is 5.77. The Morgan fingerprint density at radius 2 is 2.00 bits per heavy atom. The molecular formula is C12H18N2O3. The van der Waals surface area contributed by atoms with Crippen LogP contribution in [-0.2, 0) is 11.2 Å². The van der Waals surface area contributed by atoms with Crippen LogP contribution in [0.3, 0.4) is 0 Å². The topological polar surface area (TPSA) is 73.6 Å². The molecule has 5 heteroatoms. The summed E-state index contributed by atoms with van der Waals surface area (Å²) in [7, 11) is 3.19. The number of carbonyl (C=O) groups excluding carboxylic acids is 1. The predicted molar refractivity (Wildman–Crippen MR) is 65.3 cm³/mol. The van der Waals surface area contributed by atoms with Gasteiger partial charge in [0.05, 0.1) is 20.8 Å². The fraction of sp³-hybridized carbons (Fsp3) is 0.417. The molecule has 0 heterocycles. The van der Waals surface area contributed by atoms with E-state index in [1.54, 1.807) is 14.2 Å². The van der Waals surface area contributed by atoms with Gasteiger partial charge in [0, 0.05) is 6.54 Å². The monoisotopic (exact) mass is 238 g/mol. The van der Waals surface area contributed by atoms with Gasteiger partial charge in [0.2, 0.25) is 5.91 Å². The first kappa shape index (κ1) is 13.3. The number of hydrogen-bond acceptors (Lipinski definition) is 4. The number of hydrogen-bond donors (Lipinski definition) is 2. The number of carbonyl (C=O) groups is 1. The average molecular weight is 238 g/mol. The molecule has 1 aromatic rings. The lowest BCUT2D eigenvalue weighted by Gasteiger charge is -2.09. The van der Waals surface area contributed by atoms with Crippen LogP contribution < -0.4 is 20.5 Å². The van der Waals surface area contributed by atoms with E-state index in [2.05, 4.69) is 5.32 Å². The summed E-state index contributed by atoms with van der Waals surface area (Å²) in [5.41, 5.74) is 6.26. The van der Waals surface area contributed by atoms with Crippen LogP contribution in [0.15, 0.2) is 18.2 Å². The van der Waals surface area contributed by atoms with E-state index in [9.17, 15) is 4.79 Å². The average Bonchev–Trinajstić information content (AvgIpc) is 2.38. The van der Waals surface area contributed by atoms with Crippen molar-refractivity contribution in [2.24, 2.45) is 5.73 Å². The largest absolute Gasteiger partial charge is 0.493 e. The zero-order valence-corrected chi connectivity index (χ0v) is 10.2. The van der Waals surface area contributed by atoms with Gasteiger partial charge in [-0.05, 0) is 24.1 Å². The van der Waals surface area contributed by atoms with Crippen LogP contribution in [0.5, 0.6) is 11.5 Å². The Labute approximate surface area is 101 Å². The number of nitrogens with one attached hydrogen (secondary N) is 1. The third kappa shape index (κ3) is 3.96. The van der Waals surface area contributed by atoms with Crippen LogP contribution in [-0.4, -0.2) is 33.2 Å². The van der Waals surface area contributed by atoms with E-state index in [1.807, 2.05) is 18.2 Å². The number of rotatable bonds is 6. The Hall–Kier alpha value is -1.75. The van der Waals surface area contributed by atoms with Crippen molar-refractivity contribution in [3.63, 3.8) is 0 Å². The molecule has 0 aromatic heterocycles. The van der Waals surface area contributed by atoms with Gasteiger partial charge in [0.1, 0.15) is 0 Å². The molecule has 0 saturated carbocycles. The fourth-order valence-electron chi connectivity index (χ4n) is 1.45. The second-order valence-corrected chi connectivity index (χ2v) is 3.49. The van der Waals surface area contributed by atoms with Crippen molar-refractivity contribution in [2.45, 2.75) is 6.42 Å². The molecule has 0 atom stereocenters. The zero-order chi connectivity index (χ0) is 12.7. The Kier molecular flexibility index (Phi) is 5.29. The summed E-state index contributed by atoms with van der Waals surface area (Å²) in [6, 6.07) is 5.68. The molecule has 94 valence electrons. The molecule has 3 N–H and O–H groups in total. The van der Waals surface area contributed by atoms with Crippen molar-refractivity contribution in [2.75, 3.05) is 27.3 Å². The maximum absolute atomic E-state index is 10.9. The van der Waals surface area contributed by atoms with E-state index >= 15 is 0 Å². The van der Waals surface area contributed by atoms with Gasteiger partial charge in [-0.1, -0.05) is 6.07 Å². The molecule has 1 aromatic carbocycles. The second-order valence-electron chi connectivity index (χ2n) is 3.49. The molecule has 1 amide bonds. The highest BCUT2D eigenvalue weighted by Gasteiger charge is 2.04. The number of benzene rings is 1. The molecular weight excluding hydrogens is 220 g/mol. The molecule has 0 unspecified atom stereocenters. The van der Waals surface area contributed by atoms with Gasteiger partial charge in [-0.15, -0.1) is 0 Å². The number of nitrogens with two attached hydrogens (primary N) is 1. The standard InChI is InChI=1S/C12H18N2O3/c1-16-10-4-3-9(7-11(10)17-2)5-6-14-12(15)8-13/h3-4,7H,5-6,8,13H2,1-2H3,(H,14,15). The summed E-state index contributed by atoms with van der Waals surface area (Å²) >= 11 is 0. The molecule has 0 spiro atoms. The fourth-order valence-corrected chi connectivity index (χ4v) is 1.45. The number of methoxy groups -OCH3 is 2. The van der Waals surface area contributed by atoms with E-state index in [1.165, 1.54) is 0 Å². The quantitative estimate of drug-likeness (QED) is 0.748. The molecule has 0 aliphatic heterocycles. The van der Waals surface area contributed by atoms with Gasteiger partial charge in [-0.25, -0.2) is 0 Å². The van der Waals surface area contributed by atoms with E-state index in [0.29, 0.717) is 18.0 Å². The van der Waals surface area contributed by atoms with Gasteiger partial charge < -0.3 is 20.5 Å². The third-order valence-corrected chi connectivity index (χ3v) is 2.37.